The minimum atomic E-state index is 0.481. The van der Waals surface area contributed by atoms with E-state index in [9.17, 15) is 0 Å². The minimum absolute atomic E-state index is 0.481. The Hall–Kier alpha value is -2.98. The van der Waals surface area contributed by atoms with E-state index in [1.54, 1.807) is 18.5 Å². The summed E-state index contributed by atoms with van der Waals surface area (Å²) in [6.45, 7) is 5.57. The zero-order chi connectivity index (χ0) is 15.5. The van der Waals surface area contributed by atoms with Crippen LogP contribution in [0.15, 0.2) is 49.3 Å². The molecule has 104 valence electrons. The van der Waals surface area contributed by atoms with E-state index >= 15 is 0 Å². The molecule has 0 spiro atoms. The van der Waals surface area contributed by atoms with Crippen LogP contribution in [0.2, 0.25) is 0 Å². The third kappa shape index (κ3) is 6.13. The molecule has 0 saturated heterocycles. The van der Waals surface area contributed by atoms with Crippen molar-refractivity contribution in [3.8, 4) is 12.1 Å². The molecule has 0 saturated carbocycles. The monoisotopic (exact) mass is 276 g/mol. The van der Waals surface area contributed by atoms with Gasteiger partial charge in [-0.25, -0.2) is 9.97 Å². The smallest absolute Gasteiger partial charge is 0.140 e. The summed E-state index contributed by atoms with van der Waals surface area (Å²) in [4.78, 5) is 7.68. The first-order chi connectivity index (χ1) is 10.2. The molecule has 0 radical (unpaired) electrons. The molecule has 0 atom stereocenters. The molecule has 2 aromatic heterocycles. The zero-order valence-corrected chi connectivity index (χ0v) is 12.0. The molecule has 4 nitrogen and oxygen atoms in total. The zero-order valence-electron chi connectivity index (χ0n) is 12.0. The van der Waals surface area contributed by atoms with Gasteiger partial charge < -0.3 is 0 Å². The summed E-state index contributed by atoms with van der Waals surface area (Å²) in [5.41, 5.74) is 3.18. The predicted octanol–water partition coefficient (Wildman–Crippen LogP) is 3.33. The molecule has 0 aromatic carbocycles. The van der Waals surface area contributed by atoms with Gasteiger partial charge in [0, 0.05) is 12.4 Å². The van der Waals surface area contributed by atoms with Crippen LogP contribution in [0.1, 0.15) is 28.9 Å². The second kappa shape index (κ2) is 9.01. The van der Waals surface area contributed by atoms with Gasteiger partial charge in [0.2, 0.25) is 0 Å². The normalized spacial score (nSPS) is 8.71. The van der Waals surface area contributed by atoms with Gasteiger partial charge in [0.25, 0.3) is 0 Å². The molecular formula is C17H16N4. The average Bonchev–Trinajstić information content (AvgIpc) is 2.53. The van der Waals surface area contributed by atoms with Gasteiger partial charge in [0.05, 0.1) is 0 Å². The summed E-state index contributed by atoms with van der Waals surface area (Å²) in [5, 5.41) is 16.9. The van der Waals surface area contributed by atoms with Crippen molar-refractivity contribution in [2.45, 2.75) is 19.8 Å². The number of aryl methyl sites for hydroxylation is 2. The van der Waals surface area contributed by atoms with E-state index in [2.05, 4.69) is 16.5 Å². The molecule has 0 bridgehead atoms. The summed E-state index contributed by atoms with van der Waals surface area (Å²) < 4.78 is 0. The lowest BCUT2D eigenvalue weighted by Crippen LogP contribution is -1.87. The summed E-state index contributed by atoms with van der Waals surface area (Å²) in [7, 11) is 0. The molecule has 0 amide bonds. The summed E-state index contributed by atoms with van der Waals surface area (Å²) in [6, 6.07) is 11.3. The standard InChI is InChI=1S/C10H10N2.C7H6N2/c1-2-3-4-9-5-6-12-10(7-9)8-11;1-6-2-3-9-7(4-6)5-8/h2,5-7H,1,3-4H2;2-4H,1H3. The lowest BCUT2D eigenvalue weighted by molar-refractivity contribution is 0.994. The van der Waals surface area contributed by atoms with Crippen LogP contribution in [0.5, 0.6) is 0 Å². The number of nitriles is 2. The maximum atomic E-state index is 8.55. The Morgan fingerprint density at radius 2 is 1.71 bits per heavy atom. The first kappa shape index (κ1) is 16.1. The fraction of sp³-hybridized carbons (Fsp3) is 0.176. The van der Waals surface area contributed by atoms with Crippen molar-refractivity contribution in [2.75, 3.05) is 0 Å². The van der Waals surface area contributed by atoms with Crippen molar-refractivity contribution < 1.29 is 0 Å². The fourth-order valence-corrected chi connectivity index (χ4v) is 1.56. The van der Waals surface area contributed by atoms with Crippen LogP contribution < -0.4 is 0 Å². The average molecular weight is 276 g/mol. The molecule has 2 aromatic rings. The Morgan fingerprint density at radius 3 is 2.24 bits per heavy atom. The third-order valence-electron chi connectivity index (χ3n) is 2.61. The Balaban J connectivity index is 0.000000219. The van der Waals surface area contributed by atoms with E-state index in [0.717, 1.165) is 24.0 Å². The number of rotatable bonds is 3. The van der Waals surface area contributed by atoms with Crippen LogP contribution >= 0.6 is 0 Å². The SMILES string of the molecule is C=CCCc1ccnc(C#N)c1.Cc1ccnc(C#N)c1. The maximum Gasteiger partial charge on any atom is 0.140 e. The molecule has 4 heteroatoms. The van der Waals surface area contributed by atoms with Gasteiger partial charge in [-0.1, -0.05) is 6.08 Å². The largest absolute Gasteiger partial charge is 0.246 e. The highest BCUT2D eigenvalue weighted by molar-refractivity contribution is 5.25. The molecule has 0 aliphatic rings. The van der Waals surface area contributed by atoms with Crippen molar-refractivity contribution >= 4 is 0 Å². The summed E-state index contributed by atoms with van der Waals surface area (Å²) in [5.74, 6) is 0. The second-order valence-corrected chi connectivity index (χ2v) is 4.32. The van der Waals surface area contributed by atoms with E-state index in [1.807, 2.05) is 43.3 Å². The highest BCUT2D eigenvalue weighted by atomic mass is 14.7. The molecule has 0 unspecified atom stereocenters. The van der Waals surface area contributed by atoms with Gasteiger partial charge in [-0.05, 0) is 55.2 Å². The van der Waals surface area contributed by atoms with Crippen molar-refractivity contribution in [1.29, 1.82) is 10.5 Å². The Kier molecular flexibility index (Phi) is 6.90. The van der Waals surface area contributed by atoms with Crippen LogP contribution in [0.4, 0.5) is 0 Å². The quantitative estimate of drug-likeness (QED) is 0.806. The molecule has 2 heterocycles. The highest BCUT2D eigenvalue weighted by Gasteiger charge is 1.94. The first-order valence-corrected chi connectivity index (χ1v) is 6.48. The third-order valence-corrected chi connectivity index (χ3v) is 2.61. The lowest BCUT2D eigenvalue weighted by Gasteiger charge is -1.96. The van der Waals surface area contributed by atoms with Gasteiger partial charge >= 0.3 is 0 Å². The van der Waals surface area contributed by atoms with Crippen LogP contribution in [0.25, 0.3) is 0 Å². The Bertz CT molecular complexity index is 678. The molecule has 21 heavy (non-hydrogen) atoms. The minimum Gasteiger partial charge on any atom is -0.246 e. The highest BCUT2D eigenvalue weighted by Crippen LogP contribution is 2.04. The molecule has 0 N–H and O–H groups in total. The van der Waals surface area contributed by atoms with Gasteiger partial charge in [-0.15, -0.1) is 6.58 Å². The van der Waals surface area contributed by atoms with Crippen molar-refractivity contribution in [1.82, 2.24) is 9.97 Å². The maximum absolute atomic E-state index is 8.55. The molecule has 0 aliphatic heterocycles. The molecule has 0 fully saturated rings. The van der Waals surface area contributed by atoms with Gasteiger partial charge in [-0.2, -0.15) is 10.5 Å². The number of hydrogen-bond donors (Lipinski definition) is 0. The molecule has 0 aliphatic carbocycles. The van der Waals surface area contributed by atoms with E-state index in [1.165, 1.54) is 0 Å². The topological polar surface area (TPSA) is 73.4 Å². The molecule has 2 rings (SSSR count). The van der Waals surface area contributed by atoms with Crippen LogP contribution in [0, 0.1) is 29.6 Å². The van der Waals surface area contributed by atoms with Crippen LogP contribution in [-0.4, -0.2) is 9.97 Å². The summed E-state index contributed by atoms with van der Waals surface area (Å²) in [6.07, 6.45) is 7.03. The predicted molar refractivity (Wildman–Crippen MR) is 81.2 cm³/mol. The van der Waals surface area contributed by atoms with Crippen LogP contribution in [-0.2, 0) is 6.42 Å². The van der Waals surface area contributed by atoms with Gasteiger partial charge in [0.15, 0.2) is 0 Å². The van der Waals surface area contributed by atoms with E-state index in [4.69, 9.17) is 10.5 Å². The Morgan fingerprint density at radius 1 is 1.10 bits per heavy atom. The second-order valence-electron chi connectivity index (χ2n) is 4.32. The number of nitrogens with zero attached hydrogens (tertiary/aromatic N) is 4. The number of pyridine rings is 2. The van der Waals surface area contributed by atoms with E-state index in [0.29, 0.717) is 11.4 Å². The number of aromatic nitrogens is 2. The first-order valence-electron chi connectivity index (χ1n) is 6.48. The molecular weight excluding hydrogens is 260 g/mol. The van der Waals surface area contributed by atoms with E-state index < -0.39 is 0 Å². The number of hydrogen-bond acceptors (Lipinski definition) is 4. The number of allylic oxidation sites excluding steroid dienone is 1. The lowest BCUT2D eigenvalue weighted by atomic mass is 10.1. The van der Waals surface area contributed by atoms with Gasteiger partial charge in [0.1, 0.15) is 23.5 Å². The van der Waals surface area contributed by atoms with Crippen molar-refractivity contribution in [3.63, 3.8) is 0 Å². The summed E-state index contributed by atoms with van der Waals surface area (Å²) >= 11 is 0. The van der Waals surface area contributed by atoms with Crippen molar-refractivity contribution in [3.05, 3.63) is 71.8 Å². The van der Waals surface area contributed by atoms with E-state index in [-0.39, 0.29) is 0 Å². The fourth-order valence-electron chi connectivity index (χ4n) is 1.56. The Labute approximate surface area is 125 Å². The van der Waals surface area contributed by atoms with Gasteiger partial charge in [-0.3, -0.25) is 0 Å². The van der Waals surface area contributed by atoms with Crippen molar-refractivity contribution in [2.24, 2.45) is 0 Å². The van der Waals surface area contributed by atoms with Crippen LogP contribution in [0.3, 0.4) is 0 Å².